The van der Waals surface area contributed by atoms with Crippen molar-refractivity contribution >= 4 is 5.78 Å². The molecular weight excluding hydrogens is 252 g/mol. The van der Waals surface area contributed by atoms with Gasteiger partial charge < -0.3 is 10.5 Å². The van der Waals surface area contributed by atoms with Crippen molar-refractivity contribution in [2.24, 2.45) is 5.73 Å². The van der Waals surface area contributed by atoms with Crippen molar-refractivity contribution in [2.45, 2.75) is 19.3 Å². The van der Waals surface area contributed by atoms with E-state index in [0.29, 0.717) is 36.3 Å². The summed E-state index contributed by atoms with van der Waals surface area (Å²) in [7, 11) is 0. The molecule has 0 aliphatic heterocycles. The van der Waals surface area contributed by atoms with Gasteiger partial charge in [-0.25, -0.2) is 8.78 Å². The smallest absolute Gasteiger partial charge is 0.168 e. The van der Waals surface area contributed by atoms with Gasteiger partial charge in [0.2, 0.25) is 0 Å². The van der Waals surface area contributed by atoms with Crippen molar-refractivity contribution in [3.05, 3.63) is 52.4 Å². The first-order valence-electron chi connectivity index (χ1n) is 5.93. The number of ether oxygens (including phenoxy) is 1. The molecular formula is C14H11F2NO2. The Morgan fingerprint density at radius 2 is 1.95 bits per heavy atom. The lowest BCUT2D eigenvalue weighted by Gasteiger charge is -2.11. The third-order valence-corrected chi connectivity index (χ3v) is 3.34. The zero-order valence-electron chi connectivity index (χ0n) is 10.0. The maximum absolute atomic E-state index is 13.5. The van der Waals surface area contributed by atoms with E-state index in [1.165, 1.54) is 6.07 Å². The first kappa shape index (κ1) is 11.9. The molecule has 2 aliphatic carbocycles. The molecule has 0 bridgehead atoms. The summed E-state index contributed by atoms with van der Waals surface area (Å²) in [4.78, 5) is 11.6. The van der Waals surface area contributed by atoms with E-state index in [4.69, 9.17) is 10.5 Å². The fourth-order valence-corrected chi connectivity index (χ4v) is 2.42. The number of hydrogen-bond donors (Lipinski definition) is 1. The maximum Gasteiger partial charge on any atom is 0.168 e. The lowest BCUT2D eigenvalue weighted by Crippen LogP contribution is -2.07. The van der Waals surface area contributed by atoms with E-state index in [2.05, 4.69) is 0 Å². The van der Waals surface area contributed by atoms with Crippen LogP contribution >= 0.6 is 0 Å². The van der Waals surface area contributed by atoms with Gasteiger partial charge >= 0.3 is 0 Å². The number of halogens is 2. The molecule has 0 spiro atoms. The molecule has 0 unspecified atom stereocenters. The lowest BCUT2D eigenvalue weighted by molar-refractivity contribution is -0.115. The molecule has 3 rings (SSSR count). The van der Waals surface area contributed by atoms with Crippen LogP contribution in [-0.2, 0) is 4.79 Å². The minimum absolute atomic E-state index is 0.0659. The van der Waals surface area contributed by atoms with Crippen molar-refractivity contribution < 1.29 is 18.3 Å². The Bertz CT molecular complexity index is 647. The number of nitrogens with two attached hydrogens (primary N) is 1. The molecule has 0 saturated carbocycles. The number of Topliss-reactive ketones (excluding diaryl/α,β-unsaturated/α-hetero) is 1. The minimum atomic E-state index is -0.793. The lowest BCUT2D eigenvalue weighted by atomic mass is 10.1. The van der Waals surface area contributed by atoms with Crippen molar-refractivity contribution in [2.75, 3.05) is 0 Å². The van der Waals surface area contributed by atoms with E-state index < -0.39 is 11.6 Å². The number of carbonyl (C=O) groups is 1. The highest BCUT2D eigenvalue weighted by atomic mass is 19.1. The van der Waals surface area contributed by atoms with Crippen LogP contribution in [0, 0.1) is 11.6 Å². The Morgan fingerprint density at radius 3 is 2.68 bits per heavy atom. The summed E-state index contributed by atoms with van der Waals surface area (Å²) in [6, 6.07) is 3.07. The maximum atomic E-state index is 13.5. The van der Waals surface area contributed by atoms with Gasteiger partial charge in [-0.1, -0.05) is 0 Å². The largest absolute Gasteiger partial charge is 0.452 e. The van der Waals surface area contributed by atoms with Crippen LogP contribution in [0.2, 0.25) is 0 Å². The standard InChI is InChI=1S/C14H11F2NO2/c15-7-1-4-13(10(16)5-7)19-14-8-2-3-12(18)9(8)6-11(14)17/h1,4-5H,2-3,6,17H2. The van der Waals surface area contributed by atoms with Gasteiger partial charge in [-0.05, 0) is 18.6 Å². The Morgan fingerprint density at radius 1 is 1.16 bits per heavy atom. The molecule has 0 saturated heterocycles. The zero-order valence-corrected chi connectivity index (χ0v) is 10.0. The normalized spacial score (nSPS) is 18.3. The number of allylic oxidation sites excluding steroid dienone is 2. The van der Waals surface area contributed by atoms with E-state index in [-0.39, 0.29) is 11.5 Å². The third-order valence-electron chi connectivity index (χ3n) is 3.34. The second kappa shape index (κ2) is 4.19. The Balaban J connectivity index is 1.93. The summed E-state index contributed by atoms with van der Waals surface area (Å²) in [5.74, 6) is -1.14. The minimum Gasteiger partial charge on any atom is -0.452 e. The fourth-order valence-electron chi connectivity index (χ4n) is 2.42. The van der Waals surface area contributed by atoms with Gasteiger partial charge in [0.25, 0.3) is 0 Å². The number of ketones is 1. The molecule has 3 nitrogen and oxygen atoms in total. The van der Waals surface area contributed by atoms with Gasteiger partial charge in [-0.15, -0.1) is 0 Å². The molecule has 0 atom stereocenters. The molecule has 2 N–H and O–H groups in total. The summed E-state index contributed by atoms with van der Waals surface area (Å²) >= 11 is 0. The van der Waals surface area contributed by atoms with Crippen molar-refractivity contribution in [1.82, 2.24) is 0 Å². The third kappa shape index (κ3) is 1.91. The summed E-state index contributed by atoms with van der Waals surface area (Å²) in [5.41, 5.74) is 7.66. The van der Waals surface area contributed by atoms with Crippen molar-refractivity contribution in [1.29, 1.82) is 0 Å². The van der Waals surface area contributed by atoms with E-state index in [0.717, 1.165) is 17.7 Å². The van der Waals surface area contributed by atoms with Gasteiger partial charge in [0, 0.05) is 30.1 Å². The molecule has 0 radical (unpaired) electrons. The van der Waals surface area contributed by atoms with E-state index >= 15 is 0 Å². The highest BCUT2D eigenvalue weighted by Gasteiger charge is 2.33. The molecule has 0 aromatic heterocycles. The van der Waals surface area contributed by atoms with Gasteiger partial charge in [-0.2, -0.15) is 0 Å². The van der Waals surface area contributed by atoms with Gasteiger partial charge in [0.15, 0.2) is 17.3 Å². The second-order valence-electron chi connectivity index (χ2n) is 4.59. The van der Waals surface area contributed by atoms with Crippen LogP contribution in [0.25, 0.3) is 0 Å². The van der Waals surface area contributed by atoms with Gasteiger partial charge in [0.1, 0.15) is 11.6 Å². The van der Waals surface area contributed by atoms with Crippen LogP contribution in [-0.4, -0.2) is 5.78 Å². The van der Waals surface area contributed by atoms with Crippen LogP contribution < -0.4 is 10.5 Å². The van der Waals surface area contributed by atoms with Crippen molar-refractivity contribution in [3.8, 4) is 5.75 Å². The van der Waals surface area contributed by atoms with Crippen molar-refractivity contribution in [3.63, 3.8) is 0 Å². The summed E-state index contributed by atoms with van der Waals surface area (Å²) in [6.07, 6.45) is 1.36. The zero-order chi connectivity index (χ0) is 13.6. The van der Waals surface area contributed by atoms with E-state index in [1.54, 1.807) is 0 Å². The second-order valence-corrected chi connectivity index (χ2v) is 4.59. The van der Waals surface area contributed by atoms with Crippen LogP contribution in [0.4, 0.5) is 8.78 Å². The molecule has 2 aliphatic rings. The van der Waals surface area contributed by atoms with Crippen LogP contribution in [0.15, 0.2) is 40.8 Å². The molecule has 19 heavy (non-hydrogen) atoms. The van der Waals surface area contributed by atoms with Gasteiger partial charge in [0.05, 0.1) is 5.70 Å². The highest BCUT2D eigenvalue weighted by molar-refractivity contribution is 6.01. The monoisotopic (exact) mass is 263 g/mol. The Hall–Kier alpha value is -2.17. The predicted molar refractivity (Wildman–Crippen MR) is 64.1 cm³/mol. The number of rotatable bonds is 2. The molecule has 5 heteroatoms. The summed E-state index contributed by atoms with van der Waals surface area (Å²) in [6.45, 7) is 0. The van der Waals surface area contributed by atoms with Gasteiger partial charge in [-0.3, -0.25) is 4.79 Å². The van der Waals surface area contributed by atoms with Crippen LogP contribution in [0.1, 0.15) is 19.3 Å². The Kier molecular flexibility index (Phi) is 2.62. The first-order valence-corrected chi connectivity index (χ1v) is 5.93. The number of hydrogen-bond acceptors (Lipinski definition) is 3. The average molecular weight is 263 g/mol. The molecule has 1 aromatic rings. The summed E-state index contributed by atoms with van der Waals surface area (Å²) < 4.78 is 31.8. The SMILES string of the molecule is NC1=C(Oc2ccc(F)cc2F)C2=C(C1)C(=O)CC2. The first-order chi connectivity index (χ1) is 9.06. The topological polar surface area (TPSA) is 52.3 Å². The fraction of sp³-hybridized carbons (Fsp3) is 0.214. The highest BCUT2D eigenvalue weighted by Crippen LogP contribution is 2.40. The van der Waals surface area contributed by atoms with E-state index in [1.807, 2.05) is 0 Å². The average Bonchev–Trinajstić information content (AvgIpc) is 2.85. The molecule has 1 aromatic carbocycles. The molecule has 98 valence electrons. The molecule has 0 amide bonds. The number of benzene rings is 1. The summed E-state index contributed by atoms with van der Waals surface area (Å²) in [5, 5.41) is 0. The van der Waals surface area contributed by atoms with E-state index in [9.17, 15) is 13.6 Å². The predicted octanol–water partition coefficient (Wildman–Crippen LogP) is 2.58. The quantitative estimate of drug-likeness (QED) is 0.892. The number of carbonyl (C=O) groups excluding carboxylic acids is 1. The van der Waals surface area contributed by atoms with Crippen LogP contribution in [0.3, 0.4) is 0 Å². The Labute approximate surface area is 108 Å². The van der Waals surface area contributed by atoms with Crippen LogP contribution in [0.5, 0.6) is 5.75 Å². The molecule has 0 fully saturated rings. The molecule has 0 heterocycles.